The maximum atomic E-state index is 12.9. The van der Waals surface area contributed by atoms with Crippen LogP contribution in [0, 0.1) is 5.21 Å². The van der Waals surface area contributed by atoms with Crippen LogP contribution in [0.25, 0.3) is 5.57 Å². The van der Waals surface area contributed by atoms with E-state index in [1.165, 1.54) is 19.8 Å². The number of hydrogen-bond acceptors (Lipinski definition) is 8. The second-order valence-corrected chi connectivity index (χ2v) is 7.19. The molecule has 0 saturated heterocycles. The fraction of sp³-hybridized carbons (Fsp3) is 0.706. The van der Waals surface area contributed by atoms with Gasteiger partial charge in [-0.2, -0.15) is 4.37 Å². The molecule has 0 aliphatic carbocycles. The SMILES string of the molecule is CCCCCCOc1nsnc1C1=CCC[N+]([O-])(COC(=O)[C@H](C)N)C1. The molecule has 1 aromatic rings. The van der Waals surface area contributed by atoms with Gasteiger partial charge in [-0.05, 0) is 13.3 Å². The van der Waals surface area contributed by atoms with Gasteiger partial charge in [-0.1, -0.05) is 32.3 Å². The zero-order valence-electron chi connectivity index (χ0n) is 15.5. The molecule has 1 aliphatic heterocycles. The molecule has 0 aromatic carbocycles. The summed E-state index contributed by atoms with van der Waals surface area (Å²) in [5.41, 5.74) is 6.89. The first-order valence-electron chi connectivity index (χ1n) is 9.09. The van der Waals surface area contributed by atoms with E-state index in [2.05, 4.69) is 15.7 Å². The number of rotatable bonds is 10. The topological polar surface area (TPSA) is 110 Å². The lowest BCUT2D eigenvalue weighted by Gasteiger charge is -2.43. The Labute approximate surface area is 158 Å². The van der Waals surface area contributed by atoms with Crippen molar-refractivity contribution in [1.29, 1.82) is 0 Å². The third-order valence-electron chi connectivity index (χ3n) is 4.20. The van der Waals surface area contributed by atoms with Gasteiger partial charge >= 0.3 is 5.97 Å². The Balaban J connectivity index is 1.94. The van der Waals surface area contributed by atoms with E-state index in [-0.39, 0.29) is 13.3 Å². The Kier molecular flexibility index (Phi) is 7.95. The van der Waals surface area contributed by atoms with Crippen molar-refractivity contribution >= 4 is 23.3 Å². The number of carbonyl (C=O) groups is 1. The molecule has 2 N–H and O–H groups in total. The molecule has 2 heterocycles. The molecule has 0 spiro atoms. The number of ether oxygens (including phenoxy) is 2. The molecule has 0 radical (unpaired) electrons. The number of esters is 1. The molecule has 1 aliphatic rings. The molecular weight excluding hydrogens is 356 g/mol. The van der Waals surface area contributed by atoms with Gasteiger partial charge in [0.1, 0.15) is 18.3 Å². The van der Waals surface area contributed by atoms with Crippen LogP contribution in [0.15, 0.2) is 6.08 Å². The molecule has 0 saturated carbocycles. The zero-order valence-corrected chi connectivity index (χ0v) is 16.3. The first-order valence-corrected chi connectivity index (χ1v) is 9.82. The van der Waals surface area contributed by atoms with E-state index in [0.717, 1.165) is 30.1 Å². The Morgan fingerprint density at radius 2 is 2.23 bits per heavy atom. The lowest BCUT2D eigenvalue weighted by molar-refractivity contribution is -0.891. The van der Waals surface area contributed by atoms with E-state index in [4.69, 9.17) is 15.2 Å². The average Bonchev–Trinajstić information content (AvgIpc) is 3.08. The molecule has 26 heavy (non-hydrogen) atoms. The second-order valence-electron chi connectivity index (χ2n) is 6.67. The van der Waals surface area contributed by atoms with Crippen molar-refractivity contribution in [3.63, 3.8) is 0 Å². The van der Waals surface area contributed by atoms with E-state index in [0.29, 0.717) is 31.1 Å². The summed E-state index contributed by atoms with van der Waals surface area (Å²) >= 11 is 1.07. The summed E-state index contributed by atoms with van der Waals surface area (Å²) in [7, 11) is 0. The first-order chi connectivity index (χ1) is 12.4. The minimum atomic E-state index is -0.739. The summed E-state index contributed by atoms with van der Waals surface area (Å²) in [6, 6.07) is -0.739. The molecule has 2 atom stereocenters. The number of hydrogen-bond donors (Lipinski definition) is 1. The predicted octanol–water partition coefficient (Wildman–Crippen LogP) is 2.45. The zero-order chi connectivity index (χ0) is 19.0. The normalized spacial score (nSPS) is 21.2. The van der Waals surface area contributed by atoms with Gasteiger partial charge in [0.05, 0.1) is 24.9 Å². The summed E-state index contributed by atoms with van der Waals surface area (Å²) < 4.78 is 18.7. The largest absolute Gasteiger partial charge is 0.630 e. The van der Waals surface area contributed by atoms with Gasteiger partial charge in [0, 0.05) is 12.0 Å². The number of nitrogens with two attached hydrogens (primary N) is 1. The smallest absolute Gasteiger partial charge is 0.326 e. The predicted molar refractivity (Wildman–Crippen MR) is 100 cm³/mol. The molecule has 1 aromatic heterocycles. The number of aromatic nitrogens is 2. The summed E-state index contributed by atoms with van der Waals surface area (Å²) in [5, 5.41) is 12.9. The molecule has 0 fully saturated rings. The standard InChI is InChI=1S/C17H28N4O4S/c1-3-4-5-6-10-24-16-15(19-26-20-16)14-8-7-9-21(23,11-14)12-25-17(22)13(2)18/h8,13H,3-7,9-12,18H2,1-2H3/t13-,21?/m0/s1. The van der Waals surface area contributed by atoms with Crippen molar-refractivity contribution in [2.24, 2.45) is 5.73 Å². The maximum absolute atomic E-state index is 12.9. The molecule has 2 rings (SSSR count). The van der Waals surface area contributed by atoms with Crippen molar-refractivity contribution in [2.45, 2.75) is 52.0 Å². The van der Waals surface area contributed by atoms with Crippen LogP contribution in [-0.4, -0.2) is 51.8 Å². The van der Waals surface area contributed by atoms with Crippen LogP contribution in [0.5, 0.6) is 5.88 Å². The fourth-order valence-corrected chi connectivity index (χ4v) is 3.22. The highest BCUT2D eigenvalue weighted by Crippen LogP contribution is 2.30. The Morgan fingerprint density at radius 3 is 2.96 bits per heavy atom. The van der Waals surface area contributed by atoms with Crippen LogP contribution in [-0.2, 0) is 9.53 Å². The van der Waals surface area contributed by atoms with Crippen LogP contribution >= 0.6 is 11.7 Å². The van der Waals surface area contributed by atoms with Crippen molar-refractivity contribution in [3.05, 3.63) is 17.0 Å². The highest BCUT2D eigenvalue weighted by Gasteiger charge is 2.28. The van der Waals surface area contributed by atoms with Crippen LogP contribution in [0.2, 0.25) is 0 Å². The number of nitrogens with zero attached hydrogens (tertiary/aromatic N) is 3. The van der Waals surface area contributed by atoms with Gasteiger partial charge in [-0.15, -0.1) is 4.37 Å². The lowest BCUT2D eigenvalue weighted by Crippen LogP contribution is -2.49. The highest BCUT2D eigenvalue weighted by atomic mass is 32.1. The van der Waals surface area contributed by atoms with Crippen LogP contribution in [0.3, 0.4) is 0 Å². The van der Waals surface area contributed by atoms with E-state index in [1.807, 2.05) is 6.08 Å². The highest BCUT2D eigenvalue weighted by molar-refractivity contribution is 6.99. The van der Waals surface area contributed by atoms with Crippen molar-refractivity contribution in [2.75, 3.05) is 26.4 Å². The van der Waals surface area contributed by atoms with E-state index < -0.39 is 16.7 Å². The molecule has 0 bridgehead atoms. The second kappa shape index (κ2) is 9.96. The molecule has 9 heteroatoms. The monoisotopic (exact) mass is 384 g/mol. The summed E-state index contributed by atoms with van der Waals surface area (Å²) in [4.78, 5) is 11.5. The number of carbonyl (C=O) groups excluding carboxylic acids is 1. The van der Waals surface area contributed by atoms with Crippen molar-refractivity contribution in [1.82, 2.24) is 8.75 Å². The molecule has 146 valence electrons. The van der Waals surface area contributed by atoms with Gasteiger partial charge in [0.25, 0.3) is 5.88 Å². The van der Waals surface area contributed by atoms with Gasteiger partial charge in [-0.3, -0.25) is 4.79 Å². The number of hydroxylamine groups is 3. The average molecular weight is 385 g/mol. The fourth-order valence-electron chi connectivity index (χ4n) is 2.69. The first kappa shape index (κ1) is 20.8. The van der Waals surface area contributed by atoms with Crippen molar-refractivity contribution in [3.8, 4) is 5.88 Å². The molecule has 0 amide bonds. The Bertz CT molecular complexity index is 620. The van der Waals surface area contributed by atoms with Crippen molar-refractivity contribution < 1.29 is 18.9 Å². The Hall–Kier alpha value is -1.55. The third-order valence-corrected chi connectivity index (χ3v) is 4.71. The molecular formula is C17H28N4O4S. The van der Waals surface area contributed by atoms with E-state index in [9.17, 15) is 10.0 Å². The van der Waals surface area contributed by atoms with Gasteiger partial charge in [0.2, 0.25) is 6.73 Å². The maximum Gasteiger partial charge on any atom is 0.326 e. The van der Waals surface area contributed by atoms with E-state index in [1.54, 1.807) is 0 Å². The van der Waals surface area contributed by atoms with Crippen LogP contribution < -0.4 is 10.5 Å². The van der Waals surface area contributed by atoms with Crippen LogP contribution in [0.4, 0.5) is 0 Å². The third kappa shape index (κ3) is 6.01. The minimum Gasteiger partial charge on any atom is -0.630 e. The van der Waals surface area contributed by atoms with Gasteiger partial charge < -0.3 is 25.1 Å². The summed E-state index contributed by atoms with van der Waals surface area (Å²) in [6.45, 7) is 4.56. The lowest BCUT2D eigenvalue weighted by atomic mass is 10.1. The quantitative estimate of drug-likeness (QED) is 0.285. The van der Waals surface area contributed by atoms with Gasteiger partial charge in [0.15, 0.2) is 0 Å². The summed E-state index contributed by atoms with van der Waals surface area (Å²) in [6.07, 6.45) is 7.03. The summed E-state index contributed by atoms with van der Waals surface area (Å²) in [5.74, 6) is -0.0837. The van der Waals surface area contributed by atoms with Gasteiger partial charge in [-0.25, -0.2) is 0 Å². The van der Waals surface area contributed by atoms with Crippen LogP contribution in [0.1, 0.15) is 51.6 Å². The molecule has 1 unspecified atom stereocenters. The number of quaternary nitrogens is 1. The molecule has 8 nitrogen and oxygen atoms in total. The minimum absolute atomic E-state index is 0.170. The Morgan fingerprint density at radius 1 is 1.42 bits per heavy atom. The van der Waals surface area contributed by atoms with E-state index >= 15 is 0 Å². The number of unbranched alkanes of at least 4 members (excludes halogenated alkanes) is 3.